The minimum absolute atomic E-state index is 0.351. The molecule has 13 nitrogen and oxygen atoms in total. The predicted molar refractivity (Wildman–Crippen MR) is 105 cm³/mol. The fraction of sp³-hybridized carbons (Fsp3) is 0.688. The Balaban J connectivity index is 1.56. The van der Waals surface area contributed by atoms with Gasteiger partial charge in [-0.1, -0.05) is 0 Å². The number of anilines is 1. The fourth-order valence-electron chi connectivity index (χ4n) is 3.80. The molecule has 2 aromatic rings. The smallest absolute Gasteiger partial charge is 0.337 e. The maximum Gasteiger partial charge on any atom is 0.337 e. The Labute approximate surface area is 173 Å². The number of aromatic nitrogens is 4. The molecule has 4 rings (SSSR count). The molecular weight excluding hydrogens is 418 g/mol. The van der Waals surface area contributed by atoms with Crippen molar-refractivity contribution in [3.8, 4) is 0 Å². The zero-order valence-electron chi connectivity index (χ0n) is 16.3. The Bertz CT molecular complexity index is 995. The highest BCUT2D eigenvalue weighted by molar-refractivity contribution is 7.83. The van der Waals surface area contributed by atoms with Crippen LogP contribution in [0.3, 0.4) is 0 Å². The molecule has 2 aliphatic heterocycles. The van der Waals surface area contributed by atoms with Gasteiger partial charge < -0.3 is 25.6 Å². The molecule has 0 aromatic carbocycles. The summed E-state index contributed by atoms with van der Waals surface area (Å²) in [6, 6.07) is 0. The minimum Gasteiger partial charge on any atom is -0.386 e. The lowest BCUT2D eigenvalue weighted by Crippen LogP contribution is -2.44. The van der Waals surface area contributed by atoms with Gasteiger partial charge in [0.1, 0.15) is 18.5 Å². The summed E-state index contributed by atoms with van der Waals surface area (Å²) in [5.41, 5.74) is 0.813. The molecule has 0 bridgehead atoms. The van der Waals surface area contributed by atoms with Crippen LogP contribution in [-0.4, -0.2) is 92.1 Å². The van der Waals surface area contributed by atoms with Crippen LogP contribution in [0.2, 0.25) is 0 Å². The van der Waals surface area contributed by atoms with E-state index in [2.05, 4.69) is 25.6 Å². The maximum atomic E-state index is 11.4. The molecule has 0 amide bonds. The summed E-state index contributed by atoms with van der Waals surface area (Å²) in [5, 5.41) is 27.3. The molecule has 4 atom stereocenters. The van der Waals surface area contributed by atoms with Gasteiger partial charge in [-0.15, -0.1) is 0 Å². The standard InChI is InChI=1S/C16H25N7O6S/c1-22(30(26,27)28)15-11(24)12(25)16(29-15)23-8-21-10-13(19-7-20-14(10)23)18-6-9-2-4-17-5-3-9/h7-9,11-12,15-17,24-25H,2-6H2,1H3,(H,18,19,20)(H,26,27,28)/t11-,12+,15+,16+/m0/s1. The molecule has 0 spiro atoms. The summed E-state index contributed by atoms with van der Waals surface area (Å²) in [5.74, 6) is 1.06. The van der Waals surface area contributed by atoms with E-state index in [4.69, 9.17) is 4.74 Å². The van der Waals surface area contributed by atoms with Crippen LogP contribution in [0.25, 0.3) is 11.2 Å². The third kappa shape index (κ3) is 3.99. The van der Waals surface area contributed by atoms with Crippen molar-refractivity contribution in [1.29, 1.82) is 0 Å². The second kappa shape index (κ2) is 8.30. The Morgan fingerprint density at radius 3 is 2.70 bits per heavy atom. The maximum absolute atomic E-state index is 11.4. The summed E-state index contributed by atoms with van der Waals surface area (Å²) >= 11 is 0. The molecule has 2 aliphatic rings. The highest BCUT2D eigenvalue weighted by Gasteiger charge is 2.48. The van der Waals surface area contributed by atoms with E-state index < -0.39 is 35.0 Å². The van der Waals surface area contributed by atoms with Gasteiger partial charge in [-0.05, 0) is 31.8 Å². The van der Waals surface area contributed by atoms with Crippen molar-refractivity contribution in [1.82, 2.24) is 29.1 Å². The Morgan fingerprint density at radius 1 is 1.27 bits per heavy atom. The first-order valence-electron chi connectivity index (χ1n) is 9.61. The van der Waals surface area contributed by atoms with E-state index in [1.54, 1.807) is 0 Å². The van der Waals surface area contributed by atoms with Crippen LogP contribution >= 0.6 is 0 Å². The van der Waals surface area contributed by atoms with Gasteiger partial charge >= 0.3 is 10.3 Å². The molecule has 4 heterocycles. The molecule has 0 saturated carbocycles. The van der Waals surface area contributed by atoms with Gasteiger partial charge in [-0.3, -0.25) is 9.12 Å². The molecule has 2 saturated heterocycles. The second-order valence-corrected chi connectivity index (χ2v) is 8.98. The second-order valence-electron chi connectivity index (χ2n) is 7.51. The molecule has 0 radical (unpaired) electrons. The number of rotatable bonds is 6. The van der Waals surface area contributed by atoms with Crippen molar-refractivity contribution in [3.05, 3.63) is 12.7 Å². The zero-order valence-corrected chi connectivity index (χ0v) is 17.1. The summed E-state index contributed by atoms with van der Waals surface area (Å²) in [6.45, 7) is 2.71. The third-order valence-electron chi connectivity index (χ3n) is 5.59. The van der Waals surface area contributed by atoms with Crippen molar-refractivity contribution in [2.75, 3.05) is 32.0 Å². The summed E-state index contributed by atoms with van der Waals surface area (Å²) < 4.78 is 39.4. The van der Waals surface area contributed by atoms with E-state index in [1.165, 1.54) is 17.2 Å². The number of nitrogens with one attached hydrogen (secondary N) is 2. The number of hydrogen-bond donors (Lipinski definition) is 5. The van der Waals surface area contributed by atoms with Gasteiger partial charge in [0, 0.05) is 13.6 Å². The number of likely N-dealkylation sites (N-methyl/N-ethyl adjacent to an activating group) is 1. The average molecular weight is 443 g/mol. The summed E-state index contributed by atoms with van der Waals surface area (Å²) in [4.78, 5) is 12.8. The highest BCUT2D eigenvalue weighted by Crippen LogP contribution is 2.34. The van der Waals surface area contributed by atoms with Crippen LogP contribution in [0.5, 0.6) is 0 Å². The SMILES string of the molecule is CN([C@@H]1O[C@@H](n2cnc3c(NCC4CCNCC4)ncnc32)[C@H](O)[C@@H]1O)S(=O)(=O)O. The van der Waals surface area contributed by atoms with Crippen molar-refractivity contribution in [2.45, 2.75) is 37.5 Å². The summed E-state index contributed by atoms with van der Waals surface area (Å²) in [7, 11) is -3.59. The van der Waals surface area contributed by atoms with Crippen molar-refractivity contribution in [3.63, 3.8) is 0 Å². The van der Waals surface area contributed by atoms with Gasteiger partial charge in [0.2, 0.25) is 0 Å². The molecule has 2 aromatic heterocycles. The molecule has 0 aliphatic carbocycles. The molecule has 166 valence electrons. The van der Waals surface area contributed by atoms with E-state index in [0.29, 0.717) is 27.2 Å². The first kappa shape index (κ1) is 21.3. The monoisotopic (exact) mass is 443 g/mol. The lowest BCUT2D eigenvalue weighted by Gasteiger charge is -2.23. The number of fused-ring (bicyclic) bond motifs is 1. The van der Waals surface area contributed by atoms with Gasteiger partial charge in [-0.2, -0.15) is 12.7 Å². The van der Waals surface area contributed by atoms with E-state index in [1.807, 2.05) is 0 Å². The molecule has 14 heteroatoms. The van der Waals surface area contributed by atoms with Crippen LogP contribution in [0.4, 0.5) is 5.82 Å². The molecule has 30 heavy (non-hydrogen) atoms. The summed E-state index contributed by atoms with van der Waals surface area (Å²) in [6.07, 6.45) is -0.827. The molecule has 2 fully saturated rings. The Morgan fingerprint density at radius 2 is 2.00 bits per heavy atom. The number of piperidine rings is 1. The van der Waals surface area contributed by atoms with Gasteiger partial charge in [0.15, 0.2) is 29.4 Å². The van der Waals surface area contributed by atoms with Crippen LogP contribution in [0, 0.1) is 5.92 Å². The van der Waals surface area contributed by atoms with Crippen molar-refractivity contribution < 1.29 is 27.9 Å². The number of hydrogen-bond acceptors (Lipinski definition) is 10. The Kier molecular flexibility index (Phi) is 5.89. The largest absolute Gasteiger partial charge is 0.386 e. The van der Waals surface area contributed by atoms with Crippen LogP contribution in [0.15, 0.2) is 12.7 Å². The van der Waals surface area contributed by atoms with E-state index in [-0.39, 0.29) is 0 Å². The number of nitrogens with zero attached hydrogens (tertiary/aromatic N) is 5. The topological polar surface area (TPSA) is 175 Å². The first-order chi connectivity index (χ1) is 14.3. The zero-order chi connectivity index (χ0) is 21.5. The highest BCUT2D eigenvalue weighted by atomic mass is 32.2. The Hall–Kier alpha value is -1.94. The number of imidazole rings is 1. The lowest BCUT2D eigenvalue weighted by atomic mass is 9.98. The molecule has 0 unspecified atom stereocenters. The van der Waals surface area contributed by atoms with Gasteiger partial charge in [0.05, 0.1) is 6.33 Å². The first-order valence-corrected chi connectivity index (χ1v) is 11.0. The van der Waals surface area contributed by atoms with E-state index >= 15 is 0 Å². The predicted octanol–water partition coefficient (Wildman–Crippen LogP) is -1.45. The van der Waals surface area contributed by atoms with E-state index in [9.17, 15) is 23.2 Å². The fourth-order valence-corrected chi connectivity index (χ4v) is 4.23. The normalized spacial score (nSPS) is 28.4. The van der Waals surface area contributed by atoms with Crippen molar-refractivity contribution in [2.24, 2.45) is 5.92 Å². The molecular formula is C16H25N7O6S. The van der Waals surface area contributed by atoms with Crippen LogP contribution in [0.1, 0.15) is 19.1 Å². The molecule has 5 N–H and O–H groups in total. The number of aliphatic hydroxyl groups is 2. The van der Waals surface area contributed by atoms with Crippen LogP contribution < -0.4 is 10.6 Å². The van der Waals surface area contributed by atoms with Gasteiger partial charge in [-0.25, -0.2) is 15.0 Å². The minimum atomic E-state index is -4.63. The van der Waals surface area contributed by atoms with Crippen molar-refractivity contribution >= 4 is 27.3 Å². The number of ether oxygens (including phenoxy) is 1. The van der Waals surface area contributed by atoms with Crippen LogP contribution in [-0.2, 0) is 15.0 Å². The average Bonchev–Trinajstić information content (AvgIpc) is 3.28. The lowest BCUT2D eigenvalue weighted by molar-refractivity contribution is -0.0723. The van der Waals surface area contributed by atoms with E-state index in [0.717, 1.165) is 39.5 Å². The number of aliphatic hydroxyl groups excluding tert-OH is 2. The quantitative estimate of drug-likeness (QED) is 0.330. The third-order valence-corrected chi connectivity index (χ3v) is 6.52. The van der Waals surface area contributed by atoms with Gasteiger partial charge in [0.25, 0.3) is 0 Å².